The third-order valence-corrected chi connectivity index (χ3v) is 11.8. The number of hydrogen-bond donors (Lipinski definition) is 1. The van der Waals surface area contributed by atoms with Crippen molar-refractivity contribution in [3.63, 3.8) is 0 Å². The number of hydrogen-bond acceptors (Lipinski definition) is 11. The van der Waals surface area contributed by atoms with Crippen molar-refractivity contribution < 1.29 is 40.6 Å². The van der Waals surface area contributed by atoms with E-state index in [1.54, 1.807) is 9.80 Å². The van der Waals surface area contributed by atoms with Crippen LogP contribution in [0, 0.1) is 0 Å². The summed E-state index contributed by atoms with van der Waals surface area (Å²) in [7, 11) is 2.80. The highest BCUT2D eigenvalue weighted by Gasteiger charge is 2.37. The van der Waals surface area contributed by atoms with Crippen molar-refractivity contribution in [1.82, 2.24) is 33.7 Å². The molecule has 3 aromatic heterocycles. The first-order chi connectivity index (χ1) is 32.4. The van der Waals surface area contributed by atoms with Crippen LogP contribution in [0.4, 0.5) is 38.0 Å². The molecule has 0 bridgehead atoms. The van der Waals surface area contributed by atoms with Crippen molar-refractivity contribution in [3.05, 3.63) is 137 Å². The number of ether oxygens (including phenoxy) is 3. The number of aryl methyl sites for hydroxylation is 2. The number of aromatic nitrogens is 7. The zero-order chi connectivity index (χ0) is 48.8. The van der Waals surface area contributed by atoms with E-state index in [9.17, 15) is 45.5 Å². The van der Waals surface area contributed by atoms with Gasteiger partial charge in [-0.05, 0) is 49.2 Å². The lowest BCUT2D eigenvalue weighted by Crippen LogP contribution is -2.47. The van der Waals surface area contributed by atoms with E-state index in [0.29, 0.717) is 64.9 Å². The first-order valence-electron chi connectivity index (χ1n) is 22.1. The fourth-order valence-electron chi connectivity index (χ4n) is 8.11. The lowest BCUT2D eigenvalue weighted by molar-refractivity contribution is -0.140. The highest BCUT2D eigenvalue weighted by molar-refractivity contribution is 5.83. The molecule has 1 N–H and O–H groups in total. The van der Waals surface area contributed by atoms with Crippen LogP contribution in [0.15, 0.2) is 98.2 Å². The van der Waals surface area contributed by atoms with Crippen molar-refractivity contribution in [2.75, 3.05) is 49.2 Å². The number of alkyl halides is 6. The minimum atomic E-state index is -4.51. The van der Waals surface area contributed by atoms with Crippen LogP contribution in [0.5, 0.6) is 11.5 Å². The zero-order valence-electron chi connectivity index (χ0n) is 37.6. The Balaban J connectivity index is 0.000000205. The number of piperidine rings is 2. The Morgan fingerprint density at radius 3 is 1.54 bits per heavy atom. The second-order valence-electron chi connectivity index (χ2n) is 16.3. The topological polar surface area (TPSA) is 164 Å². The first kappa shape index (κ1) is 49.1. The Hall–Kier alpha value is -6.84. The van der Waals surface area contributed by atoms with Gasteiger partial charge < -0.3 is 29.0 Å². The lowest BCUT2D eigenvalue weighted by atomic mass is 10.1. The Morgan fingerprint density at radius 1 is 0.632 bits per heavy atom. The van der Waals surface area contributed by atoms with Gasteiger partial charge in [-0.25, -0.2) is 19.0 Å². The van der Waals surface area contributed by atoms with Crippen molar-refractivity contribution in [3.8, 4) is 11.5 Å². The predicted octanol–water partition coefficient (Wildman–Crippen LogP) is 5.78. The fraction of sp³-hybridized carbons (Fsp3) is 0.435. The van der Waals surface area contributed by atoms with Crippen molar-refractivity contribution in [1.29, 1.82) is 0 Å². The molecule has 0 unspecified atom stereocenters. The summed E-state index contributed by atoms with van der Waals surface area (Å²) in [6, 6.07) is 18.1. The van der Waals surface area contributed by atoms with Gasteiger partial charge in [0, 0.05) is 89.7 Å². The van der Waals surface area contributed by atoms with Gasteiger partial charge in [0.15, 0.2) is 0 Å². The minimum absolute atomic E-state index is 0.132. The molecule has 16 nitrogen and oxygen atoms in total. The highest BCUT2D eigenvalue weighted by atomic mass is 19.4. The van der Waals surface area contributed by atoms with E-state index in [2.05, 4.69) is 15.2 Å². The van der Waals surface area contributed by atoms with Crippen LogP contribution < -0.4 is 41.8 Å². The molecule has 6 aromatic rings. The molecule has 8 rings (SSSR count). The maximum atomic E-state index is 13.3. The standard InChI is InChI=1S/C26H26F3N5O3.C20H25F3N4O4/c1-32-24(35)23(31-34(25(32)36)15-10-17-16-30-21-8-4-2-6-19(17)21)33-13-11-18(12-14-33)37-22-9-5-3-7-20(22)26(27,28)29;1-3-30-13-12-27-19(29)25(2)18(28)17(24-27)26-10-8-14(9-11-26)31-16-7-5-4-6-15(16)20(21,22)23/h2-9,16,18,30H,10-15H2,1H3;4-7,14H,3,8-13H2,1-2H3. The van der Waals surface area contributed by atoms with Gasteiger partial charge in [0.2, 0.25) is 11.6 Å². The summed E-state index contributed by atoms with van der Waals surface area (Å²) < 4.78 is 101. The summed E-state index contributed by atoms with van der Waals surface area (Å²) in [6.07, 6.45) is -5.77. The Labute approximate surface area is 384 Å². The quantitative estimate of drug-likeness (QED) is 0.110. The summed E-state index contributed by atoms with van der Waals surface area (Å²) in [5, 5.41) is 9.66. The SMILES string of the molecule is CCOCCn1nc(N2CCC(Oc3ccccc3C(F)(F)F)CC2)c(=O)n(C)c1=O.Cn1c(=O)c(N2CCC(Oc3ccccc3C(F)(F)F)CC2)nn(CCc2c[nH]c3ccccc23)c1=O. The monoisotopic (exact) mass is 955 g/mol. The number of nitrogens with zero attached hydrogens (tertiary/aromatic N) is 8. The largest absolute Gasteiger partial charge is 0.490 e. The molecule has 2 saturated heterocycles. The molecule has 0 atom stereocenters. The Bertz CT molecular complexity index is 2930. The molecule has 3 aromatic carbocycles. The average molecular weight is 956 g/mol. The summed E-state index contributed by atoms with van der Waals surface area (Å²) >= 11 is 0. The first-order valence-corrected chi connectivity index (χ1v) is 22.1. The van der Waals surface area contributed by atoms with Crippen LogP contribution in [0.2, 0.25) is 0 Å². The summed E-state index contributed by atoms with van der Waals surface area (Å²) in [5.41, 5.74) is -1.64. The molecule has 364 valence electrons. The van der Waals surface area contributed by atoms with E-state index in [1.807, 2.05) is 37.4 Å². The second kappa shape index (κ2) is 21.0. The summed E-state index contributed by atoms with van der Waals surface area (Å²) in [4.78, 5) is 57.1. The molecule has 2 fully saturated rings. The second-order valence-corrected chi connectivity index (χ2v) is 16.3. The molecular weight excluding hydrogens is 905 g/mol. The van der Waals surface area contributed by atoms with E-state index in [4.69, 9.17) is 14.2 Å². The number of rotatable bonds is 13. The minimum Gasteiger partial charge on any atom is -0.490 e. The Kier molecular flexibility index (Phi) is 15.1. The van der Waals surface area contributed by atoms with Gasteiger partial charge in [-0.1, -0.05) is 42.5 Å². The van der Waals surface area contributed by atoms with Crippen molar-refractivity contribution in [2.24, 2.45) is 14.1 Å². The smallest absolute Gasteiger partial charge is 0.419 e. The van der Waals surface area contributed by atoms with E-state index < -0.39 is 58.2 Å². The highest BCUT2D eigenvalue weighted by Crippen LogP contribution is 2.38. The molecular formula is C46H51F6N9O7. The molecule has 68 heavy (non-hydrogen) atoms. The summed E-state index contributed by atoms with van der Waals surface area (Å²) in [6.45, 7) is 4.58. The number of benzene rings is 3. The van der Waals surface area contributed by atoms with Crippen LogP contribution in [-0.4, -0.2) is 85.3 Å². The zero-order valence-corrected chi connectivity index (χ0v) is 37.6. The fourth-order valence-corrected chi connectivity index (χ4v) is 8.11. The van der Waals surface area contributed by atoms with Gasteiger partial charge in [0.05, 0.1) is 30.8 Å². The normalized spacial score (nSPS) is 15.1. The summed E-state index contributed by atoms with van der Waals surface area (Å²) in [5.74, 6) is -0.122. The van der Waals surface area contributed by atoms with Gasteiger partial charge in [-0.3, -0.25) is 18.7 Å². The molecule has 0 saturated carbocycles. The molecule has 5 heterocycles. The van der Waals surface area contributed by atoms with E-state index in [1.165, 1.54) is 59.9 Å². The van der Waals surface area contributed by atoms with Crippen LogP contribution in [0.3, 0.4) is 0 Å². The number of H-pyrrole nitrogens is 1. The third kappa shape index (κ3) is 11.3. The van der Waals surface area contributed by atoms with Gasteiger partial charge in [0.1, 0.15) is 23.7 Å². The van der Waals surface area contributed by atoms with Crippen LogP contribution in [-0.2, 0) is 50.7 Å². The molecule has 2 aliphatic heterocycles. The van der Waals surface area contributed by atoms with Gasteiger partial charge >= 0.3 is 23.7 Å². The molecule has 0 radical (unpaired) electrons. The number of para-hydroxylation sites is 3. The number of aromatic amines is 1. The van der Waals surface area contributed by atoms with Crippen LogP contribution in [0.25, 0.3) is 10.9 Å². The number of halogens is 6. The number of anilines is 2. The van der Waals surface area contributed by atoms with Gasteiger partial charge in [0.25, 0.3) is 11.1 Å². The van der Waals surface area contributed by atoms with Crippen molar-refractivity contribution >= 4 is 22.5 Å². The lowest BCUT2D eigenvalue weighted by Gasteiger charge is -2.33. The Morgan fingerprint density at radius 2 is 1.07 bits per heavy atom. The average Bonchev–Trinajstić information content (AvgIpc) is 3.74. The predicted molar refractivity (Wildman–Crippen MR) is 241 cm³/mol. The maximum Gasteiger partial charge on any atom is 0.419 e. The number of nitrogens with one attached hydrogen (secondary N) is 1. The molecule has 22 heteroatoms. The molecule has 2 aliphatic rings. The van der Waals surface area contributed by atoms with Crippen molar-refractivity contribution in [2.45, 2.75) is 76.7 Å². The molecule has 0 spiro atoms. The number of fused-ring (bicyclic) bond motifs is 1. The van der Waals surface area contributed by atoms with E-state index >= 15 is 0 Å². The van der Waals surface area contributed by atoms with E-state index in [0.717, 1.165) is 37.7 Å². The maximum absolute atomic E-state index is 13.3. The third-order valence-electron chi connectivity index (χ3n) is 11.8. The molecule has 0 amide bonds. The van der Waals surface area contributed by atoms with Crippen LogP contribution >= 0.6 is 0 Å². The van der Waals surface area contributed by atoms with Gasteiger partial charge in [-0.15, -0.1) is 10.2 Å². The van der Waals surface area contributed by atoms with Gasteiger partial charge in [-0.2, -0.15) is 26.3 Å². The van der Waals surface area contributed by atoms with E-state index in [-0.39, 0.29) is 42.8 Å². The van der Waals surface area contributed by atoms with Crippen LogP contribution in [0.1, 0.15) is 49.3 Å². The molecule has 0 aliphatic carbocycles.